The van der Waals surface area contributed by atoms with Crippen molar-refractivity contribution in [2.24, 2.45) is 0 Å². The number of hydrogen-bond donors (Lipinski definition) is 2. The summed E-state index contributed by atoms with van der Waals surface area (Å²) in [5.41, 5.74) is 4.32. The fraction of sp³-hybridized carbons (Fsp3) is 0.240. The third-order valence-corrected chi connectivity index (χ3v) is 6.21. The highest BCUT2D eigenvalue weighted by Crippen LogP contribution is 2.35. The summed E-state index contributed by atoms with van der Waals surface area (Å²) < 4.78 is 6.85. The minimum Gasteiger partial charge on any atom is -0.492 e. The molecule has 0 saturated heterocycles. The van der Waals surface area contributed by atoms with Crippen LogP contribution < -0.4 is 10.1 Å². The molecule has 5 heteroatoms. The number of aryl methyl sites for hydroxylation is 1. The molecule has 0 spiro atoms. The molecule has 1 aliphatic rings. The molecule has 0 heterocycles. The third-order valence-electron chi connectivity index (χ3n) is 5.56. The Bertz CT molecular complexity index is 1050. The minimum absolute atomic E-state index is 0.456. The second-order valence-corrected chi connectivity index (χ2v) is 8.72. The van der Waals surface area contributed by atoms with Crippen molar-refractivity contribution in [1.29, 1.82) is 0 Å². The molecule has 1 aliphatic carbocycles. The van der Waals surface area contributed by atoms with E-state index in [4.69, 9.17) is 4.74 Å². The summed E-state index contributed by atoms with van der Waals surface area (Å²) in [5.74, 6) is -0.146. The predicted molar refractivity (Wildman–Crippen MR) is 122 cm³/mol. The summed E-state index contributed by atoms with van der Waals surface area (Å²) in [5, 5.41) is 13.3. The number of aliphatic carboxylic acids is 1. The van der Waals surface area contributed by atoms with Gasteiger partial charge in [0, 0.05) is 31.0 Å². The van der Waals surface area contributed by atoms with Gasteiger partial charge in [-0.3, -0.25) is 0 Å². The number of carboxylic acid groups (broad SMARTS) is 1. The lowest BCUT2D eigenvalue weighted by molar-refractivity contribution is -0.142. The van der Waals surface area contributed by atoms with Crippen LogP contribution in [0.2, 0.25) is 0 Å². The van der Waals surface area contributed by atoms with Gasteiger partial charge in [-0.1, -0.05) is 54.1 Å². The van der Waals surface area contributed by atoms with Crippen LogP contribution in [0.5, 0.6) is 5.75 Å². The minimum atomic E-state index is -1.05. The van der Waals surface area contributed by atoms with Gasteiger partial charge in [-0.2, -0.15) is 0 Å². The fourth-order valence-corrected chi connectivity index (χ4v) is 4.38. The quantitative estimate of drug-likeness (QED) is 0.489. The first-order valence-electron chi connectivity index (χ1n) is 10.0. The van der Waals surface area contributed by atoms with Crippen molar-refractivity contribution in [3.05, 3.63) is 93.5 Å². The zero-order valence-electron chi connectivity index (χ0n) is 16.8. The van der Waals surface area contributed by atoms with Gasteiger partial charge in [-0.25, -0.2) is 4.79 Å². The molecule has 0 amide bonds. The number of fused-ring (bicyclic) bond motifs is 1. The number of ether oxygens (including phenoxy) is 1. The summed E-state index contributed by atoms with van der Waals surface area (Å²) in [7, 11) is 0. The van der Waals surface area contributed by atoms with Gasteiger partial charge in [0.15, 0.2) is 0 Å². The molecule has 30 heavy (non-hydrogen) atoms. The maximum absolute atomic E-state index is 12.2. The fourth-order valence-electron chi connectivity index (χ4n) is 4.02. The van der Waals surface area contributed by atoms with Crippen LogP contribution >= 0.6 is 15.9 Å². The molecule has 4 nitrogen and oxygen atoms in total. The summed E-state index contributed by atoms with van der Waals surface area (Å²) in [4.78, 5) is 12.2. The lowest BCUT2D eigenvalue weighted by atomic mass is 9.95. The van der Waals surface area contributed by atoms with E-state index in [1.807, 2.05) is 42.5 Å². The molecular formula is C25H24BrNO3. The van der Waals surface area contributed by atoms with Crippen LogP contribution in [0.25, 0.3) is 0 Å². The van der Waals surface area contributed by atoms with Crippen molar-refractivity contribution in [3.8, 4) is 5.75 Å². The van der Waals surface area contributed by atoms with E-state index in [1.54, 1.807) is 0 Å². The van der Waals surface area contributed by atoms with Gasteiger partial charge in [0.25, 0.3) is 0 Å². The van der Waals surface area contributed by atoms with Crippen LogP contribution in [0.1, 0.15) is 22.3 Å². The Balaban J connectivity index is 1.48. The molecule has 0 atom stereocenters. The first kappa shape index (κ1) is 20.5. The molecule has 4 rings (SSSR count). The van der Waals surface area contributed by atoms with Crippen molar-refractivity contribution in [3.63, 3.8) is 0 Å². The zero-order valence-corrected chi connectivity index (χ0v) is 18.4. The number of nitrogens with one attached hydrogen (secondary N) is 1. The van der Waals surface area contributed by atoms with Crippen LogP contribution in [0.4, 0.5) is 5.69 Å². The average Bonchev–Trinajstić information content (AvgIpc) is 3.10. The maximum atomic E-state index is 12.2. The Hall–Kier alpha value is -2.79. The molecule has 3 aromatic carbocycles. The molecule has 3 aromatic rings. The monoisotopic (exact) mass is 465 g/mol. The smallest absolute Gasteiger partial charge is 0.330 e. The molecule has 0 aliphatic heterocycles. The highest BCUT2D eigenvalue weighted by atomic mass is 79.9. The molecule has 0 saturated carbocycles. The van der Waals surface area contributed by atoms with E-state index < -0.39 is 11.5 Å². The topological polar surface area (TPSA) is 58.6 Å². The largest absolute Gasteiger partial charge is 0.492 e. The van der Waals surface area contributed by atoms with Gasteiger partial charge in [0.1, 0.15) is 11.3 Å². The van der Waals surface area contributed by atoms with Crippen molar-refractivity contribution in [1.82, 2.24) is 0 Å². The van der Waals surface area contributed by atoms with Gasteiger partial charge in [0.2, 0.25) is 0 Å². The Morgan fingerprint density at radius 3 is 2.47 bits per heavy atom. The SMILES string of the molecule is Cc1cccc(CCOc2cc(NC3(C(=O)O)Cc4ccccc4C3)ccc2Br)c1. The van der Waals surface area contributed by atoms with Crippen LogP contribution in [0, 0.1) is 6.92 Å². The number of anilines is 1. The Morgan fingerprint density at radius 2 is 1.80 bits per heavy atom. The molecule has 0 unspecified atom stereocenters. The average molecular weight is 466 g/mol. The normalized spacial score (nSPS) is 14.2. The van der Waals surface area contributed by atoms with Crippen LogP contribution in [-0.2, 0) is 24.1 Å². The number of rotatable bonds is 7. The van der Waals surface area contributed by atoms with Crippen molar-refractivity contribution in [2.75, 3.05) is 11.9 Å². The molecular weight excluding hydrogens is 442 g/mol. The first-order chi connectivity index (χ1) is 14.4. The summed E-state index contributed by atoms with van der Waals surface area (Å²) in [6.45, 7) is 2.62. The van der Waals surface area contributed by atoms with Crippen LogP contribution in [0.15, 0.2) is 71.2 Å². The lowest BCUT2D eigenvalue weighted by Crippen LogP contribution is -2.47. The maximum Gasteiger partial charge on any atom is 0.330 e. The van der Waals surface area contributed by atoms with Crippen molar-refractivity contribution >= 4 is 27.6 Å². The third kappa shape index (κ3) is 4.36. The Kier molecular flexibility index (Phi) is 5.82. The van der Waals surface area contributed by atoms with E-state index in [9.17, 15) is 9.90 Å². The molecule has 2 N–H and O–H groups in total. The van der Waals surface area contributed by atoms with Crippen LogP contribution in [0.3, 0.4) is 0 Å². The standard InChI is InChI=1S/C25H24BrNO3/c1-17-5-4-6-18(13-17)11-12-30-23-14-21(9-10-22(23)26)27-25(24(28)29)15-19-7-2-3-8-20(19)16-25/h2-10,13-14,27H,11-12,15-16H2,1H3,(H,28,29). The molecule has 0 bridgehead atoms. The second kappa shape index (κ2) is 8.52. The number of carbonyl (C=O) groups is 1. The number of hydrogen-bond acceptors (Lipinski definition) is 3. The van der Waals surface area contributed by atoms with E-state index in [2.05, 4.69) is 52.4 Å². The van der Waals surface area contributed by atoms with Gasteiger partial charge in [-0.15, -0.1) is 0 Å². The molecule has 0 aromatic heterocycles. The number of carboxylic acids is 1. The predicted octanol–water partition coefficient (Wildman–Crippen LogP) is 5.41. The van der Waals surface area contributed by atoms with Crippen molar-refractivity contribution < 1.29 is 14.6 Å². The molecule has 0 radical (unpaired) electrons. The molecule has 154 valence electrons. The van der Waals surface area contributed by atoms with Crippen LogP contribution in [-0.4, -0.2) is 23.2 Å². The van der Waals surface area contributed by atoms with E-state index in [1.165, 1.54) is 11.1 Å². The first-order valence-corrected chi connectivity index (χ1v) is 10.8. The van der Waals surface area contributed by atoms with E-state index in [0.29, 0.717) is 25.2 Å². The second-order valence-electron chi connectivity index (χ2n) is 7.87. The van der Waals surface area contributed by atoms with Gasteiger partial charge < -0.3 is 15.2 Å². The summed E-state index contributed by atoms with van der Waals surface area (Å²) >= 11 is 3.54. The lowest BCUT2D eigenvalue weighted by Gasteiger charge is -2.27. The zero-order chi connectivity index (χ0) is 21.1. The Morgan fingerprint density at radius 1 is 1.07 bits per heavy atom. The van der Waals surface area contributed by atoms with E-state index >= 15 is 0 Å². The number of benzene rings is 3. The Labute approximate surface area is 185 Å². The number of halogens is 1. The van der Waals surface area contributed by atoms with Gasteiger partial charge in [0.05, 0.1) is 11.1 Å². The van der Waals surface area contributed by atoms with Gasteiger partial charge in [-0.05, 0) is 51.7 Å². The highest BCUT2D eigenvalue weighted by molar-refractivity contribution is 9.10. The molecule has 0 fully saturated rings. The summed E-state index contributed by atoms with van der Waals surface area (Å²) in [6.07, 6.45) is 1.72. The highest BCUT2D eigenvalue weighted by Gasteiger charge is 2.44. The van der Waals surface area contributed by atoms with Gasteiger partial charge >= 0.3 is 5.97 Å². The summed E-state index contributed by atoms with van der Waals surface area (Å²) in [6, 6.07) is 21.9. The van der Waals surface area contributed by atoms with Crippen molar-refractivity contribution in [2.45, 2.75) is 31.7 Å². The van der Waals surface area contributed by atoms with E-state index in [-0.39, 0.29) is 0 Å². The van der Waals surface area contributed by atoms with E-state index in [0.717, 1.165) is 27.7 Å².